The fourth-order valence-electron chi connectivity index (χ4n) is 5.34. The lowest BCUT2D eigenvalue weighted by Crippen LogP contribution is -2.54. The molecule has 0 unspecified atom stereocenters. The Bertz CT molecular complexity index is 1380. The van der Waals surface area contributed by atoms with Crippen molar-refractivity contribution in [3.8, 4) is 11.8 Å². The van der Waals surface area contributed by atoms with Crippen molar-refractivity contribution < 1.29 is 14.3 Å². The summed E-state index contributed by atoms with van der Waals surface area (Å²) in [6.07, 6.45) is 3.52. The van der Waals surface area contributed by atoms with Crippen LogP contribution in [0, 0.1) is 11.3 Å². The topological polar surface area (TPSA) is 102 Å². The highest BCUT2D eigenvalue weighted by atomic mass is 79.9. The van der Waals surface area contributed by atoms with E-state index >= 15 is 0 Å². The second-order valence-corrected chi connectivity index (χ2v) is 11.0. The maximum absolute atomic E-state index is 12.9. The molecule has 0 spiro atoms. The summed E-state index contributed by atoms with van der Waals surface area (Å²) in [5.74, 6) is 1.47. The van der Waals surface area contributed by atoms with Gasteiger partial charge in [0, 0.05) is 57.1 Å². The van der Waals surface area contributed by atoms with Gasteiger partial charge in [-0.15, -0.1) is 0 Å². The van der Waals surface area contributed by atoms with Crippen molar-refractivity contribution in [2.45, 2.75) is 18.9 Å². The first-order valence-corrected chi connectivity index (χ1v) is 14.7. The average molecular weight is 618 g/mol. The summed E-state index contributed by atoms with van der Waals surface area (Å²) in [5.41, 5.74) is 1.69. The van der Waals surface area contributed by atoms with Crippen molar-refractivity contribution >= 4 is 33.6 Å². The van der Waals surface area contributed by atoms with Gasteiger partial charge in [-0.1, -0.05) is 18.2 Å². The van der Waals surface area contributed by atoms with Crippen LogP contribution in [0.15, 0.2) is 71.3 Å². The van der Waals surface area contributed by atoms with Gasteiger partial charge in [-0.2, -0.15) is 5.26 Å². The van der Waals surface area contributed by atoms with Crippen molar-refractivity contribution in [1.29, 1.82) is 5.26 Å². The third kappa shape index (κ3) is 7.23. The molecule has 0 radical (unpaired) electrons. The smallest absolute Gasteiger partial charge is 0.253 e. The number of benzene rings is 2. The van der Waals surface area contributed by atoms with Crippen molar-refractivity contribution in [3.63, 3.8) is 0 Å². The molecule has 5 rings (SSSR count). The highest BCUT2D eigenvalue weighted by molar-refractivity contribution is 9.10. The molecule has 2 aromatic carbocycles. The fraction of sp³-hybridized carbons (Fsp3) is 0.355. The van der Waals surface area contributed by atoms with Crippen molar-refractivity contribution in [2.24, 2.45) is 0 Å². The maximum atomic E-state index is 12.9. The highest BCUT2D eigenvalue weighted by Crippen LogP contribution is 2.27. The molecule has 2 fully saturated rings. The number of pyridine rings is 1. The Hall–Kier alpha value is -3.94. The third-order valence-electron chi connectivity index (χ3n) is 7.63. The molecule has 2 aliphatic rings. The van der Waals surface area contributed by atoms with E-state index in [9.17, 15) is 9.59 Å². The largest absolute Gasteiger partial charge is 0.492 e. The summed E-state index contributed by atoms with van der Waals surface area (Å²) >= 11 is 3.63. The summed E-state index contributed by atoms with van der Waals surface area (Å²) in [4.78, 5) is 36.8. The number of halogens is 1. The SMILES string of the molecule is N#Cc1ccc(C(=O)N2CCC(N3CCN(c4ncc(C(=O)NCCOc5ccccc5)cc4Br)CC3)CC2)cc1. The second kappa shape index (κ2) is 13.6. The van der Waals surface area contributed by atoms with Gasteiger partial charge < -0.3 is 19.9 Å². The predicted molar refractivity (Wildman–Crippen MR) is 160 cm³/mol. The van der Waals surface area contributed by atoms with E-state index in [0.717, 1.165) is 68.2 Å². The fourth-order valence-corrected chi connectivity index (χ4v) is 5.94. The predicted octanol–water partition coefficient (Wildman–Crippen LogP) is 3.95. The molecule has 41 heavy (non-hydrogen) atoms. The number of ether oxygens (including phenoxy) is 1. The van der Waals surface area contributed by atoms with E-state index in [1.807, 2.05) is 41.3 Å². The monoisotopic (exact) mass is 616 g/mol. The molecule has 9 nitrogen and oxygen atoms in total. The summed E-state index contributed by atoms with van der Waals surface area (Å²) in [7, 11) is 0. The Morgan fingerprint density at radius 1 is 0.976 bits per heavy atom. The zero-order valence-corrected chi connectivity index (χ0v) is 24.4. The maximum Gasteiger partial charge on any atom is 0.253 e. The van der Waals surface area contributed by atoms with E-state index in [1.165, 1.54) is 0 Å². The average Bonchev–Trinajstić information content (AvgIpc) is 3.03. The zero-order valence-electron chi connectivity index (χ0n) is 22.8. The quantitative estimate of drug-likeness (QED) is 0.382. The molecule has 3 aromatic rings. The van der Waals surface area contributed by atoms with Crippen LogP contribution < -0.4 is 15.0 Å². The van der Waals surface area contributed by atoms with Gasteiger partial charge >= 0.3 is 0 Å². The summed E-state index contributed by atoms with van der Waals surface area (Å²) in [5, 5.41) is 11.9. The van der Waals surface area contributed by atoms with Crippen LogP contribution in [0.2, 0.25) is 0 Å². The number of nitrogens with zero attached hydrogens (tertiary/aromatic N) is 5. The number of rotatable bonds is 8. The van der Waals surface area contributed by atoms with E-state index < -0.39 is 0 Å². The number of carbonyl (C=O) groups excluding carboxylic acids is 2. The third-order valence-corrected chi connectivity index (χ3v) is 8.21. The normalized spacial score (nSPS) is 16.2. The Labute approximate surface area is 248 Å². The molecule has 2 saturated heterocycles. The van der Waals surface area contributed by atoms with E-state index in [0.29, 0.717) is 35.9 Å². The molecule has 2 aliphatic heterocycles. The van der Waals surface area contributed by atoms with Gasteiger partial charge in [0.05, 0.1) is 28.2 Å². The molecule has 0 atom stereocenters. The van der Waals surface area contributed by atoms with Crippen molar-refractivity contribution in [1.82, 2.24) is 20.1 Å². The van der Waals surface area contributed by atoms with Gasteiger partial charge in [0.15, 0.2) is 0 Å². The van der Waals surface area contributed by atoms with E-state index in [1.54, 1.807) is 30.5 Å². The molecule has 3 heterocycles. The van der Waals surface area contributed by atoms with Gasteiger partial charge in [-0.05, 0) is 71.2 Å². The number of likely N-dealkylation sites (tertiary alicyclic amines) is 1. The number of amides is 2. The van der Waals surface area contributed by atoms with Crippen LogP contribution in [0.4, 0.5) is 5.82 Å². The summed E-state index contributed by atoms with van der Waals surface area (Å²) < 4.78 is 6.43. The van der Waals surface area contributed by atoms with Crippen LogP contribution in [0.1, 0.15) is 39.1 Å². The van der Waals surface area contributed by atoms with Gasteiger partial charge in [0.2, 0.25) is 0 Å². The van der Waals surface area contributed by atoms with Crippen LogP contribution in [0.3, 0.4) is 0 Å². The Kier molecular flexibility index (Phi) is 9.49. The number of para-hydroxylation sites is 1. The molecule has 0 aliphatic carbocycles. The molecule has 1 aromatic heterocycles. The minimum absolute atomic E-state index is 0.0336. The Morgan fingerprint density at radius 2 is 1.68 bits per heavy atom. The number of hydrogen-bond donors (Lipinski definition) is 1. The van der Waals surface area contributed by atoms with Crippen molar-refractivity contribution in [3.05, 3.63) is 88.0 Å². The summed E-state index contributed by atoms with van der Waals surface area (Å²) in [6, 6.07) is 20.7. The van der Waals surface area contributed by atoms with Gasteiger partial charge in [0.25, 0.3) is 11.8 Å². The molecule has 1 N–H and O–H groups in total. The molecule has 0 saturated carbocycles. The van der Waals surface area contributed by atoms with Gasteiger partial charge in [0.1, 0.15) is 18.2 Å². The van der Waals surface area contributed by atoms with Gasteiger partial charge in [-0.3, -0.25) is 14.5 Å². The number of aromatic nitrogens is 1. The standard InChI is InChI=1S/C31H33BrN6O3/c32-28-20-25(30(39)34-12-19-41-27-4-2-1-3-5-27)22-35-29(28)37-17-15-36(16-18-37)26-10-13-38(14-11-26)31(40)24-8-6-23(21-33)7-9-24/h1-9,20,22,26H,10-19H2,(H,34,39). The highest BCUT2D eigenvalue weighted by Gasteiger charge is 2.30. The lowest BCUT2D eigenvalue weighted by Gasteiger charge is -2.43. The second-order valence-electron chi connectivity index (χ2n) is 10.2. The van der Waals surface area contributed by atoms with Crippen molar-refractivity contribution in [2.75, 3.05) is 57.3 Å². The van der Waals surface area contributed by atoms with E-state index in [2.05, 4.69) is 42.1 Å². The van der Waals surface area contributed by atoms with Crippen LogP contribution in [0.25, 0.3) is 0 Å². The zero-order chi connectivity index (χ0) is 28.6. The number of nitriles is 1. The number of carbonyl (C=O) groups is 2. The molecular formula is C31H33BrN6O3. The van der Waals surface area contributed by atoms with Crippen LogP contribution in [-0.4, -0.2) is 85.1 Å². The molecule has 212 valence electrons. The van der Waals surface area contributed by atoms with E-state index in [-0.39, 0.29) is 11.8 Å². The molecular weight excluding hydrogens is 584 g/mol. The summed E-state index contributed by atoms with van der Waals surface area (Å²) in [6.45, 7) is 5.79. The van der Waals surface area contributed by atoms with Gasteiger partial charge in [-0.25, -0.2) is 4.98 Å². The molecule has 10 heteroatoms. The number of anilines is 1. The molecule has 2 amide bonds. The lowest BCUT2D eigenvalue weighted by molar-refractivity contribution is 0.0610. The lowest BCUT2D eigenvalue weighted by atomic mass is 10.0. The first-order chi connectivity index (χ1) is 20.0. The van der Waals surface area contributed by atoms with Crippen LogP contribution in [0.5, 0.6) is 5.75 Å². The number of nitrogens with one attached hydrogen (secondary N) is 1. The number of hydrogen-bond acceptors (Lipinski definition) is 7. The number of piperidine rings is 1. The Morgan fingerprint density at radius 3 is 2.34 bits per heavy atom. The van der Waals surface area contributed by atoms with Crippen LogP contribution >= 0.6 is 15.9 Å². The first kappa shape index (κ1) is 28.6. The van der Waals surface area contributed by atoms with E-state index in [4.69, 9.17) is 10.00 Å². The molecule has 0 bridgehead atoms. The first-order valence-electron chi connectivity index (χ1n) is 13.9. The number of piperazine rings is 1. The minimum Gasteiger partial charge on any atom is -0.492 e. The minimum atomic E-state index is -0.185. The van der Waals surface area contributed by atoms with Crippen LogP contribution in [-0.2, 0) is 0 Å². The Balaban J connectivity index is 1.06.